The fourth-order valence-corrected chi connectivity index (χ4v) is 1.22. The monoisotopic (exact) mass is 164 g/mol. The van der Waals surface area contributed by atoms with E-state index in [4.69, 9.17) is 0 Å². The van der Waals surface area contributed by atoms with E-state index >= 15 is 0 Å². The second-order valence-electron chi connectivity index (χ2n) is 3.01. The SMILES string of the molecule is CNCC=Cc1[nH]c(C)cc1C. The van der Waals surface area contributed by atoms with Crippen LogP contribution in [0.3, 0.4) is 0 Å². The normalized spacial score (nSPS) is 11.2. The summed E-state index contributed by atoms with van der Waals surface area (Å²) in [5.41, 5.74) is 3.74. The Balaban J connectivity index is 2.68. The van der Waals surface area contributed by atoms with Crippen LogP contribution in [0.15, 0.2) is 12.1 Å². The molecule has 0 spiro atoms. The second kappa shape index (κ2) is 4.12. The van der Waals surface area contributed by atoms with Gasteiger partial charge in [0.05, 0.1) is 0 Å². The standard InChI is InChI=1S/C10H16N2/c1-8-7-9(2)12-10(8)5-4-6-11-3/h4-5,7,11-12H,6H2,1-3H3. The molecule has 0 aliphatic heterocycles. The lowest BCUT2D eigenvalue weighted by atomic mass is 10.2. The smallest absolute Gasteiger partial charge is 0.0409 e. The molecule has 0 radical (unpaired) electrons. The Morgan fingerprint density at radius 3 is 2.75 bits per heavy atom. The van der Waals surface area contributed by atoms with Crippen molar-refractivity contribution in [3.63, 3.8) is 0 Å². The van der Waals surface area contributed by atoms with Crippen LogP contribution in [-0.4, -0.2) is 18.6 Å². The summed E-state index contributed by atoms with van der Waals surface area (Å²) in [5.74, 6) is 0. The highest BCUT2D eigenvalue weighted by atomic mass is 14.8. The van der Waals surface area contributed by atoms with Crippen molar-refractivity contribution in [2.24, 2.45) is 0 Å². The predicted octanol–water partition coefficient (Wildman–Crippen LogP) is 1.86. The van der Waals surface area contributed by atoms with Crippen LogP contribution in [-0.2, 0) is 0 Å². The number of aromatic nitrogens is 1. The summed E-state index contributed by atoms with van der Waals surface area (Å²) in [7, 11) is 1.94. The molecular weight excluding hydrogens is 148 g/mol. The number of aryl methyl sites for hydroxylation is 2. The van der Waals surface area contributed by atoms with Crippen LogP contribution < -0.4 is 5.32 Å². The van der Waals surface area contributed by atoms with Crippen molar-refractivity contribution in [1.29, 1.82) is 0 Å². The number of nitrogens with one attached hydrogen (secondary N) is 2. The maximum absolute atomic E-state index is 3.29. The summed E-state index contributed by atoms with van der Waals surface area (Å²) in [6.45, 7) is 5.10. The summed E-state index contributed by atoms with van der Waals surface area (Å²) in [6.07, 6.45) is 4.22. The molecule has 0 aliphatic carbocycles. The Bertz CT molecular complexity index is 271. The molecule has 1 rings (SSSR count). The number of hydrogen-bond donors (Lipinski definition) is 2. The van der Waals surface area contributed by atoms with Crippen LogP contribution in [0.1, 0.15) is 17.0 Å². The van der Waals surface area contributed by atoms with Gasteiger partial charge in [0.2, 0.25) is 0 Å². The molecule has 2 heteroatoms. The van der Waals surface area contributed by atoms with Crippen molar-refractivity contribution in [3.05, 3.63) is 29.1 Å². The average Bonchev–Trinajstić information content (AvgIpc) is 2.31. The number of likely N-dealkylation sites (N-methyl/N-ethyl adjacent to an activating group) is 1. The van der Waals surface area contributed by atoms with Crippen molar-refractivity contribution in [2.45, 2.75) is 13.8 Å². The van der Waals surface area contributed by atoms with Crippen molar-refractivity contribution < 1.29 is 0 Å². The molecule has 0 aliphatic rings. The van der Waals surface area contributed by atoms with E-state index in [-0.39, 0.29) is 0 Å². The maximum Gasteiger partial charge on any atom is 0.0409 e. The van der Waals surface area contributed by atoms with E-state index in [2.05, 4.69) is 42.4 Å². The van der Waals surface area contributed by atoms with Crippen LogP contribution in [0.25, 0.3) is 6.08 Å². The first kappa shape index (κ1) is 9.07. The molecule has 0 amide bonds. The zero-order chi connectivity index (χ0) is 8.97. The molecule has 1 heterocycles. The zero-order valence-corrected chi connectivity index (χ0v) is 7.94. The Hall–Kier alpha value is -1.02. The van der Waals surface area contributed by atoms with Gasteiger partial charge in [0, 0.05) is 17.9 Å². The van der Waals surface area contributed by atoms with Gasteiger partial charge in [-0.25, -0.2) is 0 Å². The quantitative estimate of drug-likeness (QED) is 0.701. The first-order chi connectivity index (χ1) is 5.74. The molecule has 2 nitrogen and oxygen atoms in total. The molecule has 0 saturated heterocycles. The van der Waals surface area contributed by atoms with Gasteiger partial charge < -0.3 is 10.3 Å². The minimum Gasteiger partial charge on any atom is -0.359 e. The van der Waals surface area contributed by atoms with Gasteiger partial charge in [0.1, 0.15) is 0 Å². The number of aromatic amines is 1. The molecule has 0 fully saturated rings. The first-order valence-electron chi connectivity index (χ1n) is 4.21. The predicted molar refractivity (Wildman–Crippen MR) is 53.2 cm³/mol. The molecular formula is C10H16N2. The molecule has 66 valence electrons. The van der Waals surface area contributed by atoms with E-state index in [1.165, 1.54) is 17.0 Å². The van der Waals surface area contributed by atoms with Crippen molar-refractivity contribution in [2.75, 3.05) is 13.6 Å². The topological polar surface area (TPSA) is 27.8 Å². The fraction of sp³-hybridized carbons (Fsp3) is 0.400. The molecule has 12 heavy (non-hydrogen) atoms. The first-order valence-corrected chi connectivity index (χ1v) is 4.21. The van der Waals surface area contributed by atoms with Gasteiger partial charge in [0.25, 0.3) is 0 Å². The second-order valence-corrected chi connectivity index (χ2v) is 3.01. The van der Waals surface area contributed by atoms with Crippen LogP contribution in [0.2, 0.25) is 0 Å². The summed E-state index contributed by atoms with van der Waals surface area (Å²) < 4.78 is 0. The Morgan fingerprint density at radius 2 is 2.25 bits per heavy atom. The third-order valence-corrected chi connectivity index (χ3v) is 1.80. The largest absolute Gasteiger partial charge is 0.359 e. The number of H-pyrrole nitrogens is 1. The Labute approximate surface area is 73.7 Å². The molecule has 1 aromatic heterocycles. The lowest BCUT2D eigenvalue weighted by Gasteiger charge is -1.90. The minimum atomic E-state index is 0.914. The van der Waals surface area contributed by atoms with Gasteiger partial charge in [-0.1, -0.05) is 6.08 Å². The highest BCUT2D eigenvalue weighted by molar-refractivity contribution is 5.50. The molecule has 2 N–H and O–H groups in total. The van der Waals surface area contributed by atoms with Gasteiger partial charge >= 0.3 is 0 Å². The lowest BCUT2D eigenvalue weighted by molar-refractivity contribution is 0.922. The summed E-state index contributed by atoms with van der Waals surface area (Å²) >= 11 is 0. The van der Waals surface area contributed by atoms with Gasteiger partial charge in [-0.3, -0.25) is 0 Å². The van der Waals surface area contributed by atoms with E-state index in [0.29, 0.717) is 0 Å². The van der Waals surface area contributed by atoms with Crippen molar-refractivity contribution in [1.82, 2.24) is 10.3 Å². The molecule has 0 unspecified atom stereocenters. The van der Waals surface area contributed by atoms with E-state index in [1.54, 1.807) is 0 Å². The van der Waals surface area contributed by atoms with Crippen molar-refractivity contribution >= 4 is 6.08 Å². The fourth-order valence-electron chi connectivity index (χ4n) is 1.22. The number of hydrogen-bond acceptors (Lipinski definition) is 1. The van der Waals surface area contributed by atoms with Gasteiger partial charge in [-0.15, -0.1) is 0 Å². The van der Waals surface area contributed by atoms with E-state index in [1.807, 2.05) is 7.05 Å². The molecule has 0 atom stereocenters. The Kier molecular flexibility index (Phi) is 3.11. The highest BCUT2D eigenvalue weighted by Gasteiger charge is 1.95. The number of rotatable bonds is 3. The maximum atomic E-state index is 3.29. The third kappa shape index (κ3) is 2.24. The van der Waals surface area contributed by atoms with E-state index in [0.717, 1.165) is 6.54 Å². The van der Waals surface area contributed by atoms with Crippen LogP contribution in [0, 0.1) is 13.8 Å². The van der Waals surface area contributed by atoms with Crippen LogP contribution in [0.5, 0.6) is 0 Å². The zero-order valence-electron chi connectivity index (χ0n) is 7.94. The lowest BCUT2D eigenvalue weighted by Crippen LogP contribution is -2.03. The molecule has 0 bridgehead atoms. The van der Waals surface area contributed by atoms with Gasteiger partial charge in [-0.05, 0) is 38.6 Å². The van der Waals surface area contributed by atoms with E-state index < -0.39 is 0 Å². The van der Waals surface area contributed by atoms with Gasteiger partial charge in [-0.2, -0.15) is 0 Å². The highest BCUT2D eigenvalue weighted by Crippen LogP contribution is 2.09. The summed E-state index contributed by atoms with van der Waals surface area (Å²) in [6, 6.07) is 2.15. The third-order valence-electron chi connectivity index (χ3n) is 1.80. The van der Waals surface area contributed by atoms with Crippen molar-refractivity contribution in [3.8, 4) is 0 Å². The van der Waals surface area contributed by atoms with E-state index in [9.17, 15) is 0 Å². The summed E-state index contributed by atoms with van der Waals surface area (Å²) in [5, 5.41) is 3.06. The Morgan fingerprint density at radius 1 is 1.50 bits per heavy atom. The van der Waals surface area contributed by atoms with Crippen LogP contribution >= 0.6 is 0 Å². The van der Waals surface area contributed by atoms with Crippen LogP contribution in [0.4, 0.5) is 0 Å². The molecule has 1 aromatic rings. The molecule has 0 aromatic carbocycles. The average molecular weight is 164 g/mol. The van der Waals surface area contributed by atoms with Gasteiger partial charge in [0.15, 0.2) is 0 Å². The minimum absolute atomic E-state index is 0.914. The molecule has 0 saturated carbocycles. The summed E-state index contributed by atoms with van der Waals surface area (Å²) in [4.78, 5) is 3.29.